The fraction of sp³-hybridized carbons (Fsp3) is 0.280. The lowest BCUT2D eigenvalue weighted by atomic mass is 10.1. The van der Waals surface area contributed by atoms with E-state index in [2.05, 4.69) is 15.1 Å². The van der Waals surface area contributed by atoms with Crippen LogP contribution in [0.15, 0.2) is 66.7 Å². The number of amides is 2. The minimum absolute atomic E-state index is 0.0182. The topological polar surface area (TPSA) is 78.9 Å². The van der Waals surface area contributed by atoms with Gasteiger partial charge < -0.3 is 19.4 Å². The lowest BCUT2D eigenvalue weighted by molar-refractivity contribution is -0.136. The van der Waals surface area contributed by atoms with Crippen molar-refractivity contribution in [3.8, 4) is 11.6 Å². The van der Waals surface area contributed by atoms with E-state index < -0.39 is 5.92 Å². The van der Waals surface area contributed by atoms with E-state index in [0.29, 0.717) is 50.0 Å². The van der Waals surface area contributed by atoms with Crippen LogP contribution in [0.25, 0.3) is 0 Å². The number of benzene rings is 2. The molecule has 34 heavy (non-hydrogen) atoms. The smallest absolute Gasteiger partial charge is 0.238 e. The Hall–Kier alpha value is -4.01. The summed E-state index contributed by atoms with van der Waals surface area (Å²) >= 11 is 0. The minimum Gasteiger partial charge on any atom is -0.438 e. The van der Waals surface area contributed by atoms with Crippen LogP contribution >= 0.6 is 0 Å². The Labute approximate surface area is 196 Å². The molecule has 5 rings (SSSR count). The van der Waals surface area contributed by atoms with Crippen LogP contribution in [0.2, 0.25) is 0 Å². The molecule has 2 amide bonds. The maximum Gasteiger partial charge on any atom is 0.238 e. The van der Waals surface area contributed by atoms with E-state index in [9.17, 15) is 14.0 Å². The Morgan fingerprint density at radius 1 is 0.912 bits per heavy atom. The van der Waals surface area contributed by atoms with Crippen LogP contribution in [0, 0.1) is 11.7 Å². The number of ether oxygens (including phenoxy) is 1. The quantitative estimate of drug-likeness (QED) is 0.581. The standard InChI is InChI=1S/C25H24FN5O3/c26-19-6-8-20(9-7-19)31-17-18(16-24(31)32)25(33)30-14-12-29(13-15-30)22-10-11-23(28-27-22)34-21-4-2-1-3-5-21/h1-11,18H,12-17H2. The van der Waals surface area contributed by atoms with Crippen LogP contribution in [-0.2, 0) is 9.59 Å². The second kappa shape index (κ2) is 9.46. The van der Waals surface area contributed by atoms with E-state index in [0.717, 1.165) is 5.82 Å². The second-order valence-corrected chi connectivity index (χ2v) is 8.34. The lowest BCUT2D eigenvalue weighted by Gasteiger charge is -2.36. The first kappa shape index (κ1) is 21.8. The monoisotopic (exact) mass is 461 g/mol. The molecule has 3 heterocycles. The Kier molecular flexibility index (Phi) is 6.07. The third-order valence-electron chi connectivity index (χ3n) is 6.12. The maximum atomic E-state index is 13.2. The van der Waals surface area contributed by atoms with Crippen molar-refractivity contribution in [1.29, 1.82) is 0 Å². The molecule has 0 radical (unpaired) electrons. The van der Waals surface area contributed by atoms with Gasteiger partial charge in [0.15, 0.2) is 5.82 Å². The van der Waals surface area contributed by atoms with Gasteiger partial charge in [-0.2, -0.15) is 0 Å². The van der Waals surface area contributed by atoms with Crippen molar-refractivity contribution in [2.24, 2.45) is 5.92 Å². The van der Waals surface area contributed by atoms with Crippen molar-refractivity contribution >= 4 is 23.3 Å². The molecule has 0 N–H and O–H groups in total. The molecular formula is C25H24FN5O3. The van der Waals surface area contributed by atoms with Crippen molar-refractivity contribution in [2.75, 3.05) is 42.5 Å². The average molecular weight is 461 g/mol. The van der Waals surface area contributed by atoms with Gasteiger partial charge in [0.2, 0.25) is 17.7 Å². The molecule has 0 aliphatic carbocycles. The van der Waals surface area contributed by atoms with E-state index in [4.69, 9.17) is 4.74 Å². The normalized spacial score (nSPS) is 18.3. The van der Waals surface area contributed by atoms with E-state index in [1.54, 1.807) is 23.1 Å². The fourth-order valence-electron chi connectivity index (χ4n) is 4.30. The molecule has 2 aromatic carbocycles. The predicted molar refractivity (Wildman–Crippen MR) is 124 cm³/mol. The maximum absolute atomic E-state index is 13.2. The van der Waals surface area contributed by atoms with Gasteiger partial charge >= 0.3 is 0 Å². The first-order chi connectivity index (χ1) is 16.6. The van der Waals surface area contributed by atoms with Crippen LogP contribution in [0.4, 0.5) is 15.9 Å². The molecule has 0 spiro atoms. The first-order valence-electron chi connectivity index (χ1n) is 11.2. The number of carbonyl (C=O) groups is 2. The highest BCUT2D eigenvalue weighted by Crippen LogP contribution is 2.27. The number of aromatic nitrogens is 2. The van der Waals surface area contributed by atoms with Gasteiger partial charge in [-0.1, -0.05) is 18.2 Å². The number of hydrogen-bond acceptors (Lipinski definition) is 6. The zero-order valence-corrected chi connectivity index (χ0v) is 18.5. The van der Waals surface area contributed by atoms with Crippen LogP contribution in [0.5, 0.6) is 11.6 Å². The van der Waals surface area contributed by atoms with Gasteiger partial charge in [-0.25, -0.2) is 4.39 Å². The number of carbonyl (C=O) groups excluding carboxylic acids is 2. The molecule has 2 aliphatic rings. The molecule has 2 saturated heterocycles. The Morgan fingerprint density at radius 2 is 1.65 bits per heavy atom. The fourth-order valence-corrected chi connectivity index (χ4v) is 4.30. The van der Waals surface area contributed by atoms with Gasteiger partial charge in [0.25, 0.3) is 0 Å². The average Bonchev–Trinajstić information content (AvgIpc) is 3.27. The van der Waals surface area contributed by atoms with E-state index in [1.807, 2.05) is 41.3 Å². The molecule has 2 aliphatic heterocycles. The molecule has 0 saturated carbocycles. The van der Waals surface area contributed by atoms with Gasteiger partial charge in [-0.05, 0) is 42.5 Å². The van der Waals surface area contributed by atoms with Gasteiger partial charge in [0.1, 0.15) is 11.6 Å². The van der Waals surface area contributed by atoms with Crippen molar-refractivity contribution < 1.29 is 18.7 Å². The second-order valence-electron chi connectivity index (χ2n) is 8.34. The van der Waals surface area contributed by atoms with Crippen molar-refractivity contribution in [1.82, 2.24) is 15.1 Å². The van der Waals surface area contributed by atoms with Gasteiger partial charge in [-0.3, -0.25) is 9.59 Å². The van der Waals surface area contributed by atoms with E-state index in [-0.39, 0.29) is 24.1 Å². The van der Waals surface area contributed by atoms with Gasteiger partial charge in [0.05, 0.1) is 5.92 Å². The molecule has 1 atom stereocenters. The predicted octanol–water partition coefficient (Wildman–Crippen LogP) is 3.11. The van der Waals surface area contributed by atoms with Crippen LogP contribution in [-0.4, -0.2) is 59.6 Å². The van der Waals surface area contributed by atoms with Gasteiger partial charge in [-0.15, -0.1) is 10.2 Å². The largest absolute Gasteiger partial charge is 0.438 e. The highest BCUT2D eigenvalue weighted by molar-refractivity contribution is 6.00. The number of rotatable bonds is 5. The van der Waals surface area contributed by atoms with Crippen LogP contribution in [0.1, 0.15) is 6.42 Å². The molecule has 8 nitrogen and oxygen atoms in total. The molecule has 1 aromatic heterocycles. The summed E-state index contributed by atoms with van der Waals surface area (Å²) in [6.45, 7) is 2.66. The van der Waals surface area contributed by atoms with Crippen molar-refractivity contribution in [2.45, 2.75) is 6.42 Å². The first-order valence-corrected chi connectivity index (χ1v) is 11.2. The SMILES string of the molecule is O=C(C1CC(=O)N(c2ccc(F)cc2)C1)N1CCN(c2ccc(Oc3ccccc3)nn2)CC1. The number of piperazine rings is 1. The Bertz CT molecular complexity index is 1150. The summed E-state index contributed by atoms with van der Waals surface area (Å²) in [4.78, 5) is 31.0. The summed E-state index contributed by atoms with van der Waals surface area (Å²) in [6.07, 6.45) is 0.171. The lowest BCUT2D eigenvalue weighted by Crippen LogP contribution is -2.51. The van der Waals surface area contributed by atoms with Crippen molar-refractivity contribution in [3.63, 3.8) is 0 Å². The van der Waals surface area contributed by atoms with E-state index >= 15 is 0 Å². The molecule has 174 valence electrons. The number of anilines is 2. The summed E-state index contributed by atoms with van der Waals surface area (Å²) in [5.41, 5.74) is 0.616. The van der Waals surface area contributed by atoms with Crippen LogP contribution < -0.4 is 14.5 Å². The Morgan fingerprint density at radius 3 is 2.32 bits per heavy atom. The summed E-state index contributed by atoms with van der Waals surface area (Å²) in [7, 11) is 0. The summed E-state index contributed by atoms with van der Waals surface area (Å²) in [5, 5.41) is 8.43. The zero-order valence-electron chi connectivity index (χ0n) is 18.5. The summed E-state index contributed by atoms with van der Waals surface area (Å²) in [6, 6.07) is 18.8. The van der Waals surface area contributed by atoms with Crippen LogP contribution in [0.3, 0.4) is 0 Å². The zero-order chi connectivity index (χ0) is 23.5. The third-order valence-corrected chi connectivity index (χ3v) is 6.12. The number of hydrogen-bond donors (Lipinski definition) is 0. The Balaban J connectivity index is 1.15. The molecule has 9 heteroatoms. The van der Waals surface area contributed by atoms with E-state index in [1.165, 1.54) is 12.1 Å². The molecule has 2 fully saturated rings. The summed E-state index contributed by atoms with van der Waals surface area (Å²) < 4.78 is 18.9. The molecule has 1 unspecified atom stereocenters. The molecule has 0 bridgehead atoms. The third kappa shape index (κ3) is 4.68. The minimum atomic E-state index is -0.390. The van der Waals surface area contributed by atoms with Gasteiger partial charge in [0, 0.05) is 50.9 Å². The highest BCUT2D eigenvalue weighted by atomic mass is 19.1. The van der Waals surface area contributed by atoms with Crippen molar-refractivity contribution in [3.05, 3.63) is 72.5 Å². The molecular weight excluding hydrogens is 437 g/mol. The summed E-state index contributed by atoms with van der Waals surface area (Å²) in [5.74, 6) is 0.959. The molecule has 3 aromatic rings. The number of nitrogens with zero attached hydrogens (tertiary/aromatic N) is 5. The number of halogens is 1. The highest BCUT2D eigenvalue weighted by Gasteiger charge is 2.38. The number of para-hydroxylation sites is 1.